The molecule has 0 bridgehead atoms. The van der Waals surface area contributed by atoms with Crippen LogP contribution >= 0.6 is 12.6 Å². The average molecular weight is 169 g/mol. The van der Waals surface area contributed by atoms with Crippen LogP contribution in [-0.2, 0) is 0 Å². The third-order valence-corrected chi connectivity index (χ3v) is 2.42. The van der Waals surface area contributed by atoms with Crippen molar-refractivity contribution in [2.45, 2.75) is 19.8 Å². The van der Waals surface area contributed by atoms with E-state index in [2.05, 4.69) is 35.6 Å². The van der Waals surface area contributed by atoms with E-state index >= 15 is 0 Å². The van der Waals surface area contributed by atoms with Gasteiger partial charge in [-0.15, -0.1) is 0 Å². The van der Waals surface area contributed by atoms with Crippen molar-refractivity contribution >= 4 is 12.6 Å². The van der Waals surface area contributed by atoms with Crippen molar-refractivity contribution in [2.75, 3.05) is 19.6 Å². The van der Waals surface area contributed by atoms with Crippen LogP contribution in [0.4, 0.5) is 0 Å². The molecule has 0 aromatic rings. The fourth-order valence-electron chi connectivity index (χ4n) is 1.37. The van der Waals surface area contributed by atoms with Gasteiger partial charge in [0.05, 0.1) is 6.54 Å². The van der Waals surface area contributed by atoms with Crippen LogP contribution in [0.5, 0.6) is 0 Å². The number of thiol groups is 1. The van der Waals surface area contributed by atoms with E-state index in [1.807, 2.05) is 0 Å². The largest absolute Gasteiger partial charge is 0.292 e. The van der Waals surface area contributed by atoms with Crippen LogP contribution in [0.2, 0.25) is 0 Å². The molecule has 1 aliphatic heterocycles. The van der Waals surface area contributed by atoms with Crippen molar-refractivity contribution < 1.29 is 0 Å². The molecule has 0 radical (unpaired) electrons. The third-order valence-electron chi connectivity index (χ3n) is 2.26. The molecule has 0 atom stereocenters. The van der Waals surface area contributed by atoms with Crippen LogP contribution in [0.25, 0.3) is 0 Å². The van der Waals surface area contributed by atoms with E-state index < -0.39 is 0 Å². The first-order valence-corrected chi connectivity index (χ1v) is 4.62. The Kier molecular flexibility index (Phi) is 3.82. The summed E-state index contributed by atoms with van der Waals surface area (Å²) in [4.78, 5) is 2.39. The van der Waals surface area contributed by atoms with E-state index in [9.17, 15) is 0 Å². The van der Waals surface area contributed by atoms with Crippen LogP contribution in [-0.4, -0.2) is 24.5 Å². The molecule has 0 N–H and O–H groups in total. The smallest absolute Gasteiger partial charge is 0.0610 e. The normalized spacial score (nSPS) is 20.9. The summed E-state index contributed by atoms with van der Waals surface area (Å²) < 4.78 is 0. The lowest BCUT2D eigenvalue weighted by molar-refractivity contribution is 0.213. The molecular weight excluding hydrogens is 154 g/mol. The first kappa shape index (κ1) is 8.96. The zero-order valence-electron chi connectivity index (χ0n) is 7.01. The lowest BCUT2D eigenvalue weighted by Crippen LogP contribution is -2.33. The van der Waals surface area contributed by atoms with Crippen molar-refractivity contribution in [1.29, 1.82) is 0 Å². The summed E-state index contributed by atoms with van der Waals surface area (Å²) in [7, 11) is 0. The van der Waals surface area contributed by atoms with Crippen LogP contribution in [0, 0.1) is 17.1 Å². The molecule has 0 aromatic carbocycles. The van der Waals surface area contributed by atoms with Crippen molar-refractivity contribution in [1.82, 2.24) is 4.90 Å². The Bertz CT molecular complexity index is 160. The molecule has 0 unspecified atom stereocenters. The van der Waals surface area contributed by atoms with Crippen LogP contribution in [0.3, 0.4) is 0 Å². The lowest BCUT2D eigenvalue weighted by Gasteiger charge is -2.28. The standard InChI is InChI=1S/C9H15NS/c1-9-3-6-10(7-4-9)5-2-8-11/h9,11H,3-7H2,1H3. The second-order valence-corrected chi connectivity index (χ2v) is 3.47. The van der Waals surface area contributed by atoms with Gasteiger partial charge in [0.1, 0.15) is 0 Å². The van der Waals surface area contributed by atoms with E-state index in [0.717, 1.165) is 12.5 Å². The van der Waals surface area contributed by atoms with Crippen LogP contribution in [0.1, 0.15) is 19.8 Å². The highest BCUT2D eigenvalue weighted by Gasteiger charge is 2.13. The van der Waals surface area contributed by atoms with Gasteiger partial charge in [-0.05, 0) is 37.1 Å². The van der Waals surface area contributed by atoms with Gasteiger partial charge >= 0.3 is 0 Å². The predicted molar refractivity (Wildman–Crippen MR) is 51.6 cm³/mol. The number of rotatable bonds is 1. The van der Waals surface area contributed by atoms with E-state index in [4.69, 9.17) is 0 Å². The number of likely N-dealkylation sites (tertiary alicyclic amines) is 1. The zero-order valence-corrected chi connectivity index (χ0v) is 7.90. The summed E-state index contributed by atoms with van der Waals surface area (Å²) in [5, 5.41) is 2.63. The third kappa shape index (κ3) is 3.18. The molecule has 1 fully saturated rings. The average Bonchev–Trinajstić information content (AvgIpc) is 2.04. The zero-order chi connectivity index (χ0) is 8.10. The maximum absolute atomic E-state index is 3.85. The number of hydrogen-bond donors (Lipinski definition) is 1. The molecule has 62 valence electrons. The van der Waals surface area contributed by atoms with E-state index in [-0.39, 0.29) is 0 Å². The summed E-state index contributed by atoms with van der Waals surface area (Å²) in [5.41, 5.74) is 0. The van der Waals surface area contributed by atoms with Crippen LogP contribution in [0.15, 0.2) is 0 Å². The summed E-state index contributed by atoms with van der Waals surface area (Å²) in [6.07, 6.45) is 2.66. The monoisotopic (exact) mass is 169 g/mol. The molecule has 1 rings (SSSR count). The molecule has 0 amide bonds. The Labute approximate surface area is 74.6 Å². The van der Waals surface area contributed by atoms with E-state index in [0.29, 0.717) is 0 Å². The van der Waals surface area contributed by atoms with Crippen molar-refractivity contribution in [3.8, 4) is 11.2 Å². The van der Waals surface area contributed by atoms with Gasteiger partial charge in [0.25, 0.3) is 0 Å². The van der Waals surface area contributed by atoms with Gasteiger partial charge in [-0.3, -0.25) is 4.90 Å². The summed E-state index contributed by atoms with van der Waals surface area (Å²) in [5.74, 6) is 3.89. The molecule has 0 aromatic heterocycles. The van der Waals surface area contributed by atoms with Crippen LogP contribution < -0.4 is 0 Å². The Hall–Kier alpha value is -0.130. The van der Waals surface area contributed by atoms with Gasteiger partial charge in [-0.1, -0.05) is 25.5 Å². The number of piperidine rings is 1. The fraction of sp³-hybridized carbons (Fsp3) is 0.778. The summed E-state index contributed by atoms with van der Waals surface area (Å²) in [6, 6.07) is 0. The molecule has 1 heterocycles. The molecule has 1 nitrogen and oxygen atoms in total. The number of nitrogens with zero attached hydrogens (tertiary/aromatic N) is 1. The minimum atomic E-state index is 0.899. The van der Waals surface area contributed by atoms with Crippen molar-refractivity contribution in [3.05, 3.63) is 0 Å². The Morgan fingerprint density at radius 3 is 2.64 bits per heavy atom. The maximum atomic E-state index is 3.85. The second-order valence-electron chi connectivity index (χ2n) is 3.25. The van der Waals surface area contributed by atoms with E-state index in [1.165, 1.54) is 25.9 Å². The molecule has 1 aliphatic rings. The molecule has 2 heteroatoms. The fourth-order valence-corrected chi connectivity index (χ4v) is 1.44. The first-order valence-electron chi connectivity index (χ1n) is 4.17. The first-order chi connectivity index (χ1) is 5.33. The topological polar surface area (TPSA) is 3.24 Å². The highest BCUT2D eigenvalue weighted by atomic mass is 32.1. The van der Waals surface area contributed by atoms with Gasteiger partial charge in [0, 0.05) is 0 Å². The van der Waals surface area contributed by atoms with Gasteiger partial charge in [0.15, 0.2) is 0 Å². The summed E-state index contributed by atoms with van der Waals surface area (Å²) >= 11 is 3.85. The van der Waals surface area contributed by atoms with Gasteiger partial charge in [0.2, 0.25) is 0 Å². The Morgan fingerprint density at radius 2 is 2.09 bits per heavy atom. The maximum Gasteiger partial charge on any atom is 0.0610 e. The molecule has 11 heavy (non-hydrogen) atoms. The predicted octanol–water partition coefficient (Wildman–Crippen LogP) is 1.61. The molecule has 0 spiro atoms. The van der Waals surface area contributed by atoms with E-state index in [1.54, 1.807) is 0 Å². The van der Waals surface area contributed by atoms with Crippen molar-refractivity contribution in [3.63, 3.8) is 0 Å². The van der Waals surface area contributed by atoms with Crippen molar-refractivity contribution in [2.24, 2.45) is 5.92 Å². The highest BCUT2D eigenvalue weighted by molar-refractivity contribution is 7.85. The Balaban J connectivity index is 2.20. The lowest BCUT2D eigenvalue weighted by atomic mass is 9.99. The highest BCUT2D eigenvalue weighted by Crippen LogP contribution is 2.14. The molecule has 0 saturated carbocycles. The minimum Gasteiger partial charge on any atom is -0.292 e. The molecular formula is C9H15NS. The SMILES string of the molecule is CC1CCN(CC#CS)CC1. The Morgan fingerprint density at radius 1 is 1.45 bits per heavy atom. The summed E-state index contributed by atoms with van der Waals surface area (Å²) in [6.45, 7) is 5.64. The quantitative estimate of drug-likeness (QED) is 0.461. The van der Waals surface area contributed by atoms with Gasteiger partial charge in [-0.2, -0.15) is 0 Å². The second kappa shape index (κ2) is 4.69. The van der Waals surface area contributed by atoms with Gasteiger partial charge in [-0.25, -0.2) is 0 Å². The van der Waals surface area contributed by atoms with Gasteiger partial charge < -0.3 is 0 Å². The minimum absolute atomic E-state index is 0.899. The molecule has 0 aliphatic carbocycles. The number of hydrogen-bond acceptors (Lipinski definition) is 2. The molecule has 1 saturated heterocycles.